The minimum Gasteiger partial charge on any atom is -0.356 e. The van der Waals surface area contributed by atoms with Crippen molar-refractivity contribution in [1.29, 1.82) is 0 Å². The molecule has 0 heterocycles. The third kappa shape index (κ3) is 6.10. The summed E-state index contributed by atoms with van der Waals surface area (Å²) in [7, 11) is 1.75. The van der Waals surface area contributed by atoms with Gasteiger partial charge in [0.2, 0.25) is 0 Å². The van der Waals surface area contributed by atoms with Crippen molar-refractivity contribution in [2.24, 2.45) is 4.99 Å². The number of halogens is 2. The van der Waals surface area contributed by atoms with E-state index in [1.165, 1.54) is 5.56 Å². The lowest BCUT2D eigenvalue weighted by Gasteiger charge is -2.19. The molecule has 150 valence electrons. The van der Waals surface area contributed by atoms with Crippen LogP contribution in [0.15, 0.2) is 59.6 Å². The number of amides is 1. The van der Waals surface area contributed by atoms with E-state index >= 15 is 0 Å². The Labute approximate surface area is 188 Å². The first-order valence-corrected chi connectivity index (χ1v) is 9.55. The molecule has 2 aromatic rings. The minimum absolute atomic E-state index is 0. The van der Waals surface area contributed by atoms with E-state index in [0.29, 0.717) is 18.7 Å². The van der Waals surface area contributed by atoms with Crippen LogP contribution in [0.1, 0.15) is 28.8 Å². The maximum absolute atomic E-state index is 12.0. The summed E-state index contributed by atoms with van der Waals surface area (Å²) in [6, 6.07) is 17.3. The average molecular weight is 513 g/mol. The molecule has 0 bridgehead atoms. The van der Waals surface area contributed by atoms with Crippen molar-refractivity contribution in [3.63, 3.8) is 0 Å². The van der Waals surface area contributed by atoms with Gasteiger partial charge in [0.1, 0.15) is 0 Å². The molecule has 0 unspecified atom stereocenters. The zero-order valence-electron chi connectivity index (χ0n) is 15.9. The Hall–Kier alpha value is -1.80. The number of hydrogen-bond acceptors (Lipinski definition) is 2. The van der Waals surface area contributed by atoms with Crippen LogP contribution in [0.25, 0.3) is 0 Å². The lowest BCUT2D eigenvalue weighted by molar-refractivity contribution is 0.0954. The largest absolute Gasteiger partial charge is 0.356 e. The molecule has 3 N–H and O–H groups in total. The van der Waals surface area contributed by atoms with Crippen molar-refractivity contribution >= 4 is 47.4 Å². The highest BCUT2D eigenvalue weighted by molar-refractivity contribution is 14.0. The quantitative estimate of drug-likeness (QED) is 0.230. The van der Waals surface area contributed by atoms with Gasteiger partial charge in [0.05, 0.1) is 0 Å². The van der Waals surface area contributed by atoms with Crippen molar-refractivity contribution in [1.82, 2.24) is 16.0 Å². The van der Waals surface area contributed by atoms with E-state index in [4.69, 9.17) is 11.6 Å². The highest BCUT2D eigenvalue weighted by atomic mass is 127. The molecule has 1 aliphatic rings. The van der Waals surface area contributed by atoms with Crippen LogP contribution in [0.5, 0.6) is 0 Å². The summed E-state index contributed by atoms with van der Waals surface area (Å²) in [6.45, 7) is 1.93. The predicted octanol–water partition coefficient (Wildman–Crippen LogP) is 3.58. The molecule has 0 saturated heterocycles. The molecule has 1 aliphatic carbocycles. The molecule has 0 atom stereocenters. The van der Waals surface area contributed by atoms with Crippen LogP contribution in [0.2, 0.25) is 5.02 Å². The number of guanidine groups is 1. The SMILES string of the molecule is CN=C(NCCNC(=O)c1ccccc1)NCC1(c2cccc(Cl)c2)CC1.I. The molecule has 7 heteroatoms. The van der Waals surface area contributed by atoms with Gasteiger partial charge in [0, 0.05) is 42.7 Å². The normalized spacial score (nSPS) is 14.6. The Bertz CT molecular complexity index is 809. The monoisotopic (exact) mass is 512 g/mol. The Kier molecular flexibility index (Phi) is 8.57. The van der Waals surface area contributed by atoms with Crippen molar-refractivity contribution in [3.8, 4) is 0 Å². The molecular weight excluding hydrogens is 487 g/mol. The van der Waals surface area contributed by atoms with Crippen molar-refractivity contribution in [3.05, 3.63) is 70.7 Å². The summed E-state index contributed by atoms with van der Waals surface area (Å²) in [5.41, 5.74) is 2.08. The van der Waals surface area contributed by atoms with Gasteiger partial charge in [-0.25, -0.2) is 0 Å². The number of benzene rings is 2. The van der Waals surface area contributed by atoms with Gasteiger partial charge in [-0.2, -0.15) is 0 Å². The van der Waals surface area contributed by atoms with E-state index in [9.17, 15) is 4.79 Å². The molecule has 0 aromatic heterocycles. The number of aliphatic imine (C=N–C) groups is 1. The number of nitrogens with one attached hydrogen (secondary N) is 3. The second-order valence-electron chi connectivity index (χ2n) is 6.77. The number of nitrogens with zero attached hydrogens (tertiary/aromatic N) is 1. The van der Waals surface area contributed by atoms with Gasteiger partial charge in [0.25, 0.3) is 5.91 Å². The van der Waals surface area contributed by atoms with E-state index in [2.05, 4.69) is 27.0 Å². The van der Waals surface area contributed by atoms with Crippen LogP contribution in [-0.4, -0.2) is 38.5 Å². The third-order valence-electron chi connectivity index (χ3n) is 4.85. The van der Waals surface area contributed by atoms with Gasteiger partial charge in [-0.1, -0.05) is 41.9 Å². The second-order valence-corrected chi connectivity index (χ2v) is 7.20. The molecule has 3 rings (SSSR count). The van der Waals surface area contributed by atoms with Crippen LogP contribution >= 0.6 is 35.6 Å². The summed E-state index contributed by atoms with van der Waals surface area (Å²) in [5, 5.41) is 10.3. The Morgan fingerprint density at radius 2 is 1.75 bits per heavy atom. The van der Waals surface area contributed by atoms with E-state index in [1.807, 2.05) is 36.4 Å². The lowest BCUT2D eigenvalue weighted by Crippen LogP contribution is -2.44. The summed E-state index contributed by atoms with van der Waals surface area (Å²) >= 11 is 6.13. The van der Waals surface area contributed by atoms with Crippen LogP contribution < -0.4 is 16.0 Å². The van der Waals surface area contributed by atoms with Crippen molar-refractivity contribution in [2.75, 3.05) is 26.7 Å². The number of carbonyl (C=O) groups excluding carboxylic acids is 1. The van der Waals surface area contributed by atoms with Gasteiger partial charge in [-0.3, -0.25) is 9.79 Å². The van der Waals surface area contributed by atoms with Crippen molar-refractivity contribution < 1.29 is 4.79 Å². The summed E-state index contributed by atoms with van der Waals surface area (Å²) in [6.07, 6.45) is 2.29. The van der Waals surface area contributed by atoms with Crippen LogP contribution in [-0.2, 0) is 5.41 Å². The molecule has 0 aliphatic heterocycles. The van der Waals surface area contributed by atoms with E-state index in [0.717, 1.165) is 30.4 Å². The Morgan fingerprint density at radius 1 is 1.04 bits per heavy atom. The predicted molar refractivity (Wildman–Crippen MR) is 126 cm³/mol. The number of rotatable bonds is 7. The molecule has 2 aromatic carbocycles. The van der Waals surface area contributed by atoms with Gasteiger partial charge >= 0.3 is 0 Å². The third-order valence-corrected chi connectivity index (χ3v) is 5.08. The van der Waals surface area contributed by atoms with E-state index < -0.39 is 0 Å². The Balaban J connectivity index is 0.00000280. The molecule has 0 spiro atoms. The zero-order chi connectivity index (χ0) is 19.1. The maximum Gasteiger partial charge on any atom is 0.251 e. The van der Waals surface area contributed by atoms with Gasteiger partial charge in [0.15, 0.2) is 5.96 Å². The highest BCUT2D eigenvalue weighted by Gasteiger charge is 2.44. The summed E-state index contributed by atoms with van der Waals surface area (Å²) in [4.78, 5) is 16.3. The fraction of sp³-hybridized carbons (Fsp3) is 0.333. The Morgan fingerprint density at radius 3 is 2.39 bits per heavy atom. The smallest absolute Gasteiger partial charge is 0.251 e. The summed E-state index contributed by atoms with van der Waals surface area (Å²) in [5.74, 6) is 0.662. The van der Waals surface area contributed by atoms with Gasteiger partial charge in [-0.05, 0) is 42.7 Å². The first kappa shape index (κ1) is 22.5. The average Bonchev–Trinajstić information content (AvgIpc) is 3.49. The fourth-order valence-corrected chi connectivity index (χ4v) is 3.25. The van der Waals surface area contributed by atoms with Crippen LogP contribution in [0, 0.1) is 0 Å². The van der Waals surface area contributed by atoms with Crippen molar-refractivity contribution in [2.45, 2.75) is 18.3 Å². The molecule has 1 saturated carbocycles. The minimum atomic E-state index is -0.0711. The van der Waals surface area contributed by atoms with E-state index in [-0.39, 0.29) is 35.3 Å². The summed E-state index contributed by atoms with van der Waals surface area (Å²) < 4.78 is 0. The molecule has 1 fully saturated rings. The number of carbonyl (C=O) groups is 1. The molecular formula is C21H26ClIN4O. The van der Waals surface area contributed by atoms with Crippen LogP contribution in [0.3, 0.4) is 0 Å². The van der Waals surface area contributed by atoms with E-state index in [1.54, 1.807) is 19.2 Å². The van der Waals surface area contributed by atoms with Gasteiger partial charge < -0.3 is 16.0 Å². The second kappa shape index (κ2) is 10.7. The van der Waals surface area contributed by atoms with Crippen LogP contribution in [0.4, 0.5) is 0 Å². The standard InChI is InChI=1S/C21H25ClN4O.HI/c1-23-20(25-13-12-24-19(27)16-6-3-2-4-7-16)26-15-21(10-11-21)17-8-5-9-18(22)14-17;/h2-9,14H,10-13,15H2,1H3,(H,24,27)(H2,23,25,26);1H. The lowest BCUT2D eigenvalue weighted by atomic mass is 9.96. The molecule has 5 nitrogen and oxygen atoms in total. The molecule has 1 amide bonds. The molecule has 28 heavy (non-hydrogen) atoms. The number of hydrogen-bond donors (Lipinski definition) is 3. The fourth-order valence-electron chi connectivity index (χ4n) is 3.06. The molecule has 0 radical (unpaired) electrons. The topological polar surface area (TPSA) is 65.5 Å². The zero-order valence-corrected chi connectivity index (χ0v) is 19.0. The highest BCUT2D eigenvalue weighted by Crippen LogP contribution is 2.48. The van der Waals surface area contributed by atoms with Gasteiger partial charge in [-0.15, -0.1) is 24.0 Å². The maximum atomic E-state index is 12.0. The first-order chi connectivity index (χ1) is 13.1. The first-order valence-electron chi connectivity index (χ1n) is 9.17.